The molecule has 2 N–H and O–H groups in total. The number of phenols is 1. The molecule has 15 heavy (non-hydrogen) atoms. The Morgan fingerprint density at radius 3 is 2.40 bits per heavy atom. The van der Waals surface area contributed by atoms with E-state index in [1.54, 1.807) is 18.2 Å². The van der Waals surface area contributed by atoms with Crippen molar-refractivity contribution >= 4 is 5.69 Å². The monoisotopic (exact) mass is 204 g/mol. The average molecular weight is 204 g/mol. The first-order chi connectivity index (χ1) is 6.95. The first kappa shape index (κ1) is 11.4. The van der Waals surface area contributed by atoms with Crippen molar-refractivity contribution in [1.82, 2.24) is 0 Å². The predicted molar refractivity (Wildman–Crippen MR) is 60.6 cm³/mol. The minimum absolute atomic E-state index is 0.169. The number of aromatic hydroxyl groups is 1. The van der Waals surface area contributed by atoms with Gasteiger partial charge in [-0.2, -0.15) is 5.26 Å². The highest BCUT2D eigenvalue weighted by atomic mass is 16.3. The molecule has 1 aromatic rings. The Labute approximate surface area is 90.4 Å². The number of nitriles is 1. The zero-order chi connectivity index (χ0) is 11.5. The van der Waals surface area contributed by atoms with Gasteiger partial charge in [-0.25, -0.2) is 0 Å². The van der Waals surface area contributed by atoms with Gasteiger partial charge in [-0.3, -0.25) is 0 Å². The third-order valence-corrected chi connectivity index (χ3v) is 2.20. The van der Waals surface area contributed by atoms with E-state index in [0.29, 0.717) is 5.69 Å². The topological polar surface area (TPSA) is 56.0 Å². The van der Waals surface area contributed by atoms with Crippen LogP contribution in [0, 0.1) is 16.7 Å². The Morgan fingerprint density at radius 1 is 1.33 bits per heavy atom. The fraction of sp³-hybridized carbons (Fsp3) is 0.417. The van der Waals surface area contributed by atoms with Crippen molar-refractivity contribution in [3.05, 3.63) is 24.3 Å². The summed E-state index contributed by atoms with van der Waals surface area (Å²) in [6, 6.07) is 8.79. The van der Waals surface area contributed by atoms with E-state index in [9.17, 15) is 5.11 Å². The van der Waals surface area contributed by atoms with Gasteiger partial charge in [-0.15, -0.1) is 0 Å². The van der Waals surface area contributed by atoms with Crippen LogP contribution in [0.25, 0.3) is 0 Å². The van der Waals surface area contributed by atoms with Crippen molar-refractivity contribution in [3.63, 3.8) is 0 Å². The molecule has 0 saturated carbocycles. The molecule has 3 nitrogen and oxygen atoms in total. The summed E-state index contributed by atoms with van der Waals surface area (Å²) in [4.78, 5) is 0. The van der Waals surface area contributed by atoms with Gasteiger partial charge in [0.15, 0.2) is 0 Å². The summed E-state index contributed by atoms with van der Waals surface area (Å²) in [5.74, 6) is 0.169. The molecule has 1 aromatic carbocycles. The maximum Gasteiger partial charge on any atom is 0.138 e. The van der Waals surface area contributed by atoms with Gasteiger partial charge in [-0.05, 0) is 17.5 Å². The molecule has 0 aliphatic carbocycles. The van der Waals surface area contributed by atoms with Crippen LogP contribution in [0.3, 0.4) is 0 Å². The van der Waals surface area contributed by atoms with E-state index in [1.807, 2.05) is 26.8 Å². The van der Waals surface area contributed by atoms with Crippen LogP contribution in [0.4, 0.5) is 5.69 Å². The van der Waals surface area contributed by atoms with Crippen molar-refractivity contribution in [1.29, 1.82) is 5.26 Å². The lowest BCUT2D eigenvalue weighted by Gasteiger charge is -2.26. The second kappa shape index (κ2) is 4.22. The number of hydrogen-bond donors (Lipinski definition) is 2. The molecule has 0 spiro atoms. The lowest BCUT2D eigenvalue weighted by Crippen LogP contribution is -2.32. The van der Waals surface area contributed by atoms with Crippen LogP contribution in [0.5, 0.6) is 5.75 Å². The summed E-state index contributed by atoms with van der Waals surface area (Å²) in [6.07, 6.45) is 0. The Bertz CT molecular complexity index is 374. The Balaban J connectivity index is 2.87. The Kier molecular flexibility index (Phi) is 3.21. The molecular formula is C12H16N2O. The predicted octanol–water partition coefficient (Wildman–Crippen LogP) is 2.74. The standard InChI is InChI=1S/C12H16N2O/c1-12(2,3)11(8-13)14-9-6-4-5-7-10(9)15/h4-7,11,14-15H,1-3H3/t11-/m0/s1. The summed E-state index contributed by atoms with van der Waals surface area (Å²) in [6.45, 7) is 5.94. The van der Waals surface area contributed by atoms with Gasteiger partial charge in [0.2, 0.25) is 0 Å². The van der Waals surface area contributed by atoms with Crippen LogP contribution in [-0.2, 0) is 0 Å². The summed E-state index contributed by atoms with van der Waals surface area (Å²) in [5.41, 5.74) is 0.427. The molecule has 0 bridgehead atoms. The second-order valence-corrected chi connectivity index (χ2v) is 4.59. The van der Waals surface area contributed by atoms with Gasteiger partial charge in [0.25, 0.3) is 0 Å². The highest BCUT2D eigenvalue weighted by molar-refractivity contribution is 5.56. The van der Waals surface area contributed by atoms with Gasteiger partial charge >= 0.3 is 0 Å². The van der Waals surface area contributed by atoms with Crippen LogP contribution in [0.15, 0.2) is 24.3 Å². The largest absolute Gasteiger partial charge is 0.506 e. The third kappa shape index (κ3) is 2.88. The fourth-order valence-corrected chi connectivity index (χ4v) is 1.19. The van der Waals surface area contributed by atoms with Crippen LogP contribution in [-0.4, -0.2) is 11.1 Å². The normalized spacial score (nSPS) is 12.9. The first-order valence-corrected chi connectivity index (χ1v) is 4.89. The number of nitrogens with zero attached hydrogens (tertiary/aromatic N) is 1. The quantitative estimate of drug-likeness (QED) is 0.728. The van der Waals surface area contributed by atoms with Crippen molar-refractivity contribution < 1.29 is 5.11 Å². The highest BCUT2D eigenvalue weighted by Crippen LogP contribution is 2.27. The van der Waals surface area contributed by atoms with Crippen LogP contribution in [0.2, 0.25) is 0 Å². The van der Waals surface area contributed by atoms with Crippen molar-refractivity contribution in [3.8, 4) is 11.8 Å². The van der Waals surface area contributed by atoms with E-state index < -0.39 is 0 Å². The third-order valence-electron chi connectivity index (χ3n) is 2.20. The van der Waals surface area contributed by atoms with E-state index in [0.717, 1.165) is 0 Å². The molecule has 1 rings (SSSR count). The Morgan fingerprint density at radius 2 is 1.93 bits per heavy atom. The van der Waals surface area contributed by atoms with Crippen molar-refractivity contribution in [2.75, 3.05) is 5.32 Å². The van der Waals surface area contributed by atoms with Gasteiger partial charge in [0.05, 0.1) is 11.8 Å². The molecule has 0 unspecified atom stereocenters. The number of para-hydroxylation sites is 2. The molecule has 0 aliphatic heterocycles. The molecule has 0 heterocycles. The smallest absolute Gasteiger partial charge is 0.138 e. The van der Waals surface area contributed by atoms with Gasteiger partial charge in [-0.1, -0.05) is 32.9 Å². The van der Waals surface area contributed by atoms with Gasteiger partial charge in [0.1, 0.15) is 11.8 Å². The van der Waals surface area contributed by atoms with E-state index in [-0.39, 0.29) is 17.2 Å². The SMILES string of the molecule is CC(C)(C)[C@H](C#N)Nc1ccccc1O. The molecule has 3 heteroatoms. The minimum atomic E-state index is -0.328. The molecular weight excluding hydrogens is 188 g/mol. The molecule has 80 valence electrons. The van der Waals surface area contributed by atoms with Crippen molar-refractivity contribution in [2.24, 2.45) is 5.41 Å². The van der Waals surface area contributed by atoms with E-state index in [4.69, 9.17) is 5.26 Å². The molecule has 1 atom stereocenters. The van der Waals surface area contributed by atoms with Gasteiger partial charge < -0.3 is 10.4 Å². The second-order valence-electron chi connectivity index (χ2n) is 4.59. The molecule has 0 saturated heterocycles. The number of benzene rings is 1. The van der Waals surface area contributed by atoms with E-state index in [1.165, 1.54) is 0 Å². The van der Waals surface area contributed by atoms with Crippen LogP contribution < -0.4 is 5.32 Å². The fourth-order valence-electron chi connectivity index (χ4n) is 1.19. The first-order valence-electron chi connectivity index (χ1n) is 4.89. The maximum absolute atomic E-state index is 9.55. The highest BCUT2D eigenvalue weighted by Gasteiger charge is 2.24. The minimum Gasteiger partial charge on any atom is -0.506 e. The number of nitrogens with one attached hydrogen (secondary N) is 1. The summed E-state index contributed by atoms with van der Waals surface area (Å²) in [7, 11) is 0. The number of anilines is 1. The zero-order valence-corrected chi connectivity index (χ0v) is 9.28. The number of rotatable bonds is 2. The molecule has 0 aromatic heterocycles. The zero-order valence-electron chi connectivity index (χ0n) is 9.28. The van der Waals surface area contributed by atoms with E-state index in [2.05, 4.69) is 11.4 Å². The van der Waals surface area contributed by atoms with Crippen LogP contribution in [0.1, 0.15) is 20.8 Å². The maximum atomic E-state index is 9.55. The van der Waals surface area contributed by atoms with Crippen LogP contribution >= 0.6 is 0 Å². The molecule has 0 radical (unpaired) electrons. The van der Waals surface area contributed by atoms with E-state index >= 15 is 0 Å². The molecule has 0 amide bonds. The molecule has 0 fully saturated rings. The lowest BCUT2D eigenvalue weighted by atomic mass is 9.87. The summed E-state index contributed by atoms with van der Waals surface area (Å²) < 4.78 is 0. The summed E-state index contributed by atoms with van der Waals surface area (Å²) >= 11 is 0. The average Bonchev–Trinajstić information content (AvgIpc) is 2.14. The number of phenolic OH excluding ortho intramolecular Hbond substituents is 1. The van der Waals surface area contributed by atoms with Crippen molar-refractivity contribution in [2.45, 2.75) is 26.8 Å². The summed E-state index contributed by atoms with van der Waals surface area (Å²) in [5, 5.41) is 21.6. The Hall–Kier alpha value is -1.69. The lowest BCUT2D eigenvalue weighted by molar-refractivity contribution is 0.388. The van der Waals surface area contributed by atoms with Gasteiger partial charge in [0, 0.05) is 0 Å². The number of hydrogen-bond acceptors (Lipinski definition) is 3. The molecule has 0 aliphatic rings.